The fourth-order valence-corrected chi connectivity index (χ4v) is 4.33. The van der Waals surface area contributed by atoms with Crippen LogP contribution >= 0.6 is 11.3 Å². The van der Waals surface area contributed by atoms with Crippen LogP contribution in [0.1, 0.15) is 42.7 Å². The lowest BCUT2D eigenvalue weighted by Gasteiger charge is -2.39. The summed E-state index contributed by atoms with van der Waals surface area (Å²) >= 11 is 1.92. The Kier molecular flexibility index (Phi) is 2.78. The molecule has 2 N–H and O–H groups in total. The summed E-state index contributed by atoms with van der Waals surface area (Å²) in [5, 5.41) is 2.24. The van der Waals surface area contributed by atoms with Crippen LogP contribution in [0, 0.1) is 0 Å². The Morgan fingerprint density at radius 1 is 1.44 bits per heavy atom. The van der Waals surface area contributed by atoms with Gasteiger partial charge < -0.3 is 5.73 Å². The summed E-state index contributed by atoms with van der Waals surface area (Å²) in [4.78, 5) is 4.24. The first-order valence-electron chi connectivity index (χ1n) is 6.35. The fourth-order valence-electron chi connectivity index (χ4n) is 3.36. The molecule has 1 aliphatic carbocycles. The largest absolute Gasteiger partial charge is 0.326 e. The molecular formula is C13H20N2S. The summed E-state index contributed by atoms with van der Waals surface area (Å²) < 4.78 is 0. The smallest absolute Gasteiger partial charge is 0.0334 e. The quantitative estimate of drug-likeness (QED) is 0.812. The molecule has 1 aromatic heterocycles. The van der Waals surface area contributed by atoms with Crippen LogP contribution in [0.3, 0.4) is 0 Å². The van der Waals surface area contributed by atoms with E-state index in [0.29, 0.717) is 18.1 Å². The fraction of sp³-hybridized carbons (Fsp3) is 0.692. The SMILES string of the molecule is CC1c2ccsc2CCN1C1CCCC1N. The molecule has 3 unspecified atom stereocenters. The maximum atomic E-state index is 6.23. The van der Waals surface area contributed by atoms with E-state index in [1.807, 2.05) is 11.3 Å². The van der Waals surface area contributed by atoms with E-state index in [1.54, 1.807) is 10.4 Å². The summed E-state index contributed by atoms with van der Waals surface area (Å²) in [6, 6.07) is 3.91. The second-order valence-corrected chi connectivity index (χ2v) is 6.13. The van der Waals surface area contributed by atoms with Crippen molar-refractivity contribution in [2.24, 2.45) is 5.73 Å². The van der Waals surface area contributed by atoms with Gasteiger partial charge in [0.15, 0.2) is 0 Å². The Morgan fingerprint density at radius 3 is 3.06 bits per heavy atom. The summed E-state index contributed by atoms with van der Waals surface area (Å²) in [6.07, 6.45) is 5.04. The molecule has 88 valence electrons. The number of rotatable bonds is 1. The highest BCUT2D eigenvalue weighted by Gasteiger charge is 2.35. The van der Waals surface area contributed by atoms with Crippen molar-refractivity contribution in [3.8, 4) is 0 Å². The van der Waals surface area contributed by atoms with Crippen molar-refractivity contribution in [1.82, 2.24) is 4.90 Å². The summed E-state index contributed by atoms with van der Waals surface area (Å²) in [7, 11) is 0. The van der Waals surface area contributed by atoms with Crippen molar-refractivity contribution in [2.75, 3.05) is 6.54 Å². The lowest BCUT2D eigenvalue weighted by Crippen LogP contribution is -2.47. The second-order valence-electron chi connectivity index (χ2n) is 5.13. The molecule has 0 spiro atoms. The van der Waals surface area contributed by atoms with Crippen LogP contribution in [0.25, 0.3) is 0 Å². The molecule has 2 nitrogen and oxygen atoms in total. The first kappa shape index (κ1) is 10.8. The van der Waals surface area contributed by atoms with Crippen molar-refractivity contribution in [3.05, 3.63) is 21.9 Å². The third kappa shape index (κ3) is 1.62. The van der Waals surface area contributed by atoms with Crippen LogP contribution in [-0.4, -0.2) is 23.5 Å². The molecule has 1 aromatic rings. The molecule has 0 saturated heterocycles. The van der Waals surface area contributed by atoms with Gasteiger partial charge in [-0.2, -0.15) is 0 Å². The van der Waals surface area contributed by atoms with Crippen molar-refractivity contribution in [3.63, 3.8) is 0 Å². The van der Waals surface area contributed by atoms with Gasteiger partial charge in [0.2, 0.25) is 0 Å². The molecule has 1 aliphatic heterocycles. The lowest BCUT2D eigenvalue weighted by molar-refractivity contribution is 0.127. The molecule has 3 rings (SSSR count). The Hall–Kier alpha value is -0.380. The zero-order valence-electron chi connectivity index (χ0n) is 9.86. The first-order chi connectivity index (χ1) is 7.77. The molecule has 2 aliphatic rings. The highest BCUT2D eigenvalue weighted by atomic mass is 32.1. The van der Waals surface area contributed by atoms with Gasteiger partial charge in [0.1, 0.15) is 0 Å². The van der Waals surface area contributed by atoms with Gasteiger partial charge in [-0.3, -0.25) is 4.90 Å². The number of thiophene rings is 1. The Morgan fingerprint density at radius 2 is 2.31 bits per heavy atom. The number of nitrogens with two attached hydrogens (primary N) is 1. The molecule has 0 bridgehead atoms. The van der Waals surface area contributed by atoms with Crippen LogP contribution in [0.4, 0.5) is 0 Å². The van der Waals surface area contributed by atoms with Gasteiger partial charge in [0.05, 0.1) is 0 Å². The van der Waals surface area contributed by atoms with Gasteiger partial charge >= 0.3 is 0 Å². The van der Waals surface area contributed by atoms with Crippen molar-refractivity contribution < 1.29 is 0 Å². The zero-order valence-corrected chi connectivity index (χ0v) is 10.7. The molecule has 1 fully saturated rings. The molecule has 0 amide bonds. The third-order valence-corrected chi connectivity index (χ3v) is 5.28. The first-order valence-corrected chi connectivity index (χ1v) is 7.23. The van der Waals surface area contributed by atoms with E-state index in [0.717, 1.165) is 0 Å². The topological polar surface area (TPSA) is 29.3 Å². The molecular weight excluding hydrogens is 216 g/mol. The number of hydrogen-bond donors (Lipinski definition) is 1. The Balaban J connectivity index is 1.84. The van der Waals surface area contributed by atoms with Crippen LogP contribution in [0.15, 0.2) is 11.4 Å². The average Bonchev–Trinajstić information content (AvgIpc) is 2.88. The highest BCUT2D eigenvalue weighted by Crippen LogP contribution is 2.37. The molecule has 0 aromatic carbocycles. The average molecular weight is 236 g/mol. The minimum atomic E-state index is 0.405. The number of hydrogen-bond acceptors (Lipinski definition) is 3. The lowest BCUT2D eigenvalue weighted by atomic mass is 9.98. The Bertz CT molecular complexity index is 374. The summed E-state index contributed by atoms with van der Waals surface area (Å²) in [6.45, 7) is 3.54. The van der Waals surface area contributed by atoms with Crippen molar-refractivity contribution in [1.29, 1.82) is 0 Å². The maximum Gasteiger partial charge on any atom is 0.0334 e. The van der Waals surface area contributed by atoms with Gasteiger partial charge in [-0.1, -0.05) is 6.42 Å². The third-order valence-electron chi connectivity index (χ3n) is 4.28. The van der Waals surface area contributed by atoms with E-state index in [4.69, 9.17) is 5.73 Å². The van der Waals surface area contributed by atoms with E-state index in [9.17, 15) is 0 Å². The predicted octanol–water partition coefficient (Wildman–Crippen LogP) is 2.55. The number of nitrogens with zero attached hydrogens (tertiary/aromatic N) is 1. The molecule has 2 heterocycles. The normalized spacial score (nSPS) is 35.2. The zero-order chi connectivity index (χ0) is 11.1. The van der Waals surface area contributed by atoms with Crippen molar-refractivity contribution >= 4 is 11.3 Å². The van der Waals surface area contributed by atoms with E-state index in [1.165, 1.54) is 32.2 Å². The van der Waals surface area contributed by atoms with E-state index in [-0.39, 0.29) is 0 Å². The van der Waals surface area contributed by atoms with Crippen LogP contribution in [-0.2, 0) is 6.42 Å². The molecule has 1 saturated carbocycles. The van der Waals surface area contributed by atoms with E-state index < -0.39 is 0 Å². The van der Waals surface area contributed by atoms with E-state index >= 15 is 0 Å². The maximum absolute atomic E-state index is 6.23. The standard InChI is InChI=1S/C13H20N2S/c1-9-10-6-8-16-13(10)5-7-15(9)12-4-2-3-11(12)14/h6,8-9,11-12H,2-5,7,14H2,1H3. The van der Waals surface area contributed by atoms with Gasteiger partial charge in [0.25, 0.3) is 0 Å². The summed E-state index contributed by atoms with van der Waals surface area (Å²) in [5.41, 5.74) is 7.78. The molecule has 3 atom stereocenters. The van der Waals surface area contributed by atoms with Crippen molar-refractivity contribution in [2.45, 2.75) is 50.7 Å². The van der Waals surface area contributed by atoms with Gasteiger partial charge in [-0.25, -0.2) is 0 Å². The monoisotopic (exact) mass is 236 g/mol. The minimum absolute atomic E-state index is 0.405. The van der Waals surface area contributed by atoms with Gasteiger partial charge in [0, 0.05) is 29.5 Å². The van der Waals surface area contributed by atoms with Crippen LogP contribution in [0.2, 0.25) is 0 Å². The van der Waals surface area contributed by atoms with Crippen LogP contribution < -0.4 is 5.73 Å². The van der Waals surface area contributed by atoms with E-state index in [2.05, 4.69) is 23.3 Å². The second kappa shape index (κ2) is 4.13. The summed E-state index contributed by atoms with van der Waals surface area (Å²) in [5.74, 6) is 0. The number of fused-ring (bicyclic) bond motifs is 1. The molecule has 0 radical (unpaired) electrons. The highest BCUT2D eigenvalue weighted by molar-refractivity contribution is 7.10. The molecule has 3 heteroatoms. The van der Waals surface area contributed by atoms with Crippen LogP contribution in [0.5, 0.6) is 0 Å². The van der Waals surface area contributed by atoms with Gasteiger partial charge in [-0.15, -0.1) is 11.3 Å². The Labute approximate surface area is 101 Å². The molecule has 16 heavy (non-hydrogen) atoms. The predicted molar refractivity (Wildman–Crippen MR) is 68.8 cm³/mol. The van der Waals surface area contributed by atoms with Gasteiger partial charge in [-0.05, 0) is 43.2 Å². The minimum Gasteiger partial charge on any atom is -0.326 e.